The van der Waals surface area contributed by atoms with Gasteiger partial charge in [0, 0.05) is 26.3 Å². The van der Waals surface area contributed by atoms with Gasteiger partial charge in [0.1, 0.15) is 12.0 Å². The minimum atomic E-state index is -1.03. The van der Waals surface area contributed by atoms with E-state index >= 15 is 0 Å². The Morgan fingerprint density at radius 1 is 1.32 bits per heavy atom. The fourth-order valence-corrected chi connectivity index (χ4v) is 3.13. The van der Waals surface area contributed by atoms with E-state index in [9.17, 15) is 9.59 Å². The van der Waals surface area contributed by atoms with E-state index < -0.39 is 17.4 Å². The van der Waals surface area contributed by atoms with Crippen molar-refractivity contribution in [2.75, 3.05) is 13.1 Å². The van der Waals surface area contributed by atoms with Crippen molar-refractivity contribution in [1.82, 2.24) is 19.9 Å². The number of likely N-dealkylation sites (tertiary alicyclic amines) is 1. The molecule has 8 nitrogen and oxygen atoms in total. The normalized spacial score (nSPS) is 20.3. The summed E-state index contributed by atoms with van der Waals surface area (Å²) in [6.07, 6.45) is 2.38. The van der Waals surface area contributed by atoms with Gasteiger partial charge in [0.05, 0.1) is 5.69 Å². The van der Waals surface area contributed by atoms with Gasteiger partial charge in [-0.3, -0.25) is 9.48 Å². The molecule has 1 atom stereocenters. The Morgan fingerprint density at radius 2 is 2.08 bits per heavy atom. The number of primary amides is 1. The molecule has 1 aliphatic heterocycles. The van der Waals surface area contributed by atoms with Gasteiger partial charge in [0.2, 0.25) is 5.91 Å². The Balaban J connectivity index is 1.72. The molecule has 0 spiro atoms. The highest BCUT2D eigenvalue weighted by Crippen LogP contribution is 2.33. The molecule has 2 heterocycles. The highest BCUT2D eigenvalue weighted by Gasteiger charge is 2.46. The van der Waals surface area contributed by atoms with Crippen LogP contribution in [0, 0.1) is 0 Å². The fourth-order valence-electron chi connectivity index (χ4n) is 3.13. The standard InChI is InChI=1S/C17H21N5O3/c1-21-10-14(19-20-21)17(15(18)23)8-5-9-22(12-17)16(24)25-11-13-6-3-2-4-7-13/h2-4,6-7,10H,5,8-9,11-12H2,1H3,(H2,18,23). The molecule has 3 rings (SSSR count). The molecule has 132 valence electrons. The van der Waals surface area contributed by atoms with Crippen LogP contribution in [0.1, 0.15) is 24.1 Å². The Kier molecular flexibility index (Phi) is 4.69. The van der Waals surface area contributed by atoms with E-state index in [-0.39, 0.29) is 13.2 Å². The Hall–Kier alpha value is -2.90. The fraction of sp³-hybridized carbons (Fsp3) is 0.412. The van der Waals surface area contributed by atoms with Crippen molar-refractivity contribution in [2.45, 2.75) is 24.9 Å². The number of nitrogens with two attached hydrogens (primary N) is 1. The van der Waals surface area contributed by atoms with Crippen molar-refractivity contribution in [3.63, 3.8) is 0 Å². The topological polar surface area (TPSA) is 103 Å². The highest BCUT2D eigenvalue weighted by molar-refractivity contribution is 5.87. The first-order valence-electron chi connectivity index (χ1n) is 8.13. The van der Waals surface area contributed by atoms with Crippen molar-refractivity contribution in [1.29, 1.82) is 0 Å². The molecular weight excluding hydrogens is 322 g/mol. The van der Waals surface area contributed by atoms with Gasteiger partial charge in [0.15, 0.2) is 0 Å². The van der Waals surface area contributed by atoms with Crippen molar-refractivity contribution in [3.8, 4) is 0 Å². The van der Waals surface area contributed by atoms with Crippen LogP contribution in [0.4, 0.5) is 4.79 Å². The largest absolute Gasteiger partial charge is 0.445 e. The van der Waals surface area contributed by atoms with Crippen LogP contribution in [0.2, 0.25) is 0 Å². The number of hydrogen-bond donors (Lipinski definition) is 1. The molecule has 2 amide bonds. The van der Waals surface area contributed by atoms with E-state index in [1.807, 2.05) is 30.3 Å². The van der Waals surface area contributed by atoms with Crippen LogP contribution in [-0.4, -0.2) is 45.0 Å². The maximum atomic E-state index is 12.4. The third-order valence-electron chi connectivity index (χ3n) is 4.52. The molecular formula is C17H21N5O3. The number of piperidine rings is 1. The van der Waals surface area contributed by atoms with E-state index in [4.69, 9.17) is 10.5 Å². The molecule has 0 saturated carbocycles. The zero-order valence-corrected chi connectivity index (χ0v) is 14.1. The zero-order chi connectivity index (χ0) is 17.9. The molecule has 1 unspecified atom stereocenters. The number of ether oxygens (including phenoxy) is 1. The van der Waals surface area contributed by atoms with Crippen molar-refractivity contribution < 1.29 is 14.3 Å². The predicted octanol–water partition coefficient (Wildman–Crippen LogP) is 0.971. The number of carbonyl (C=O) groups is 2. The minimum Gasteiger partial charge on any atom is -0.445 e. The molecule has 2 aromatic rings. The smallest absolute Gasteiger partial charge is 0.410 e. The number of benzene rings is 1. The van der Waals surface area contributed by atoms with Crippen LogP contribution >= 0.6 is 0 Å². The number of rotatable bonds is 4. The van der Waals surface area contributed by atoms with Gasteiger partial charge in [-0.25, -0.2) is 4.79 Å². The molecule has 1 aromatic carbocycles. The third-order valence-corrected chi connectivity index (χ3v) is 4.52. The summed E-state index contributed by atoms with van der Waals surface area (Å²) in [4.78, 5) is 26.1. The van der Waals surface area contributed by atoms with E-state index in [1.165, 1.54) is 9.58 Å². The summed E-state index contributed by atoms with van der Waals surface area (Å²) in [6, 6.07) is 9.44. The lowest BCUT2D eigenvalue weighted by Gasteiger charge is -2.38. The van der Waals surface area contributed by atoms with E-state index in [0.717, 1.165) is 5.56 Å². The number of carbonyl (C=O) groups excluding carboxylic acids is 2. The summed E-state index contributed by atoms with van der Waals surface area (Å²) >= 11 is 0. The van der Waals surface area contributed by atoms with Crippen LogP contribution in [0.5, 0.6) is 0 Å². The second-order valence-corrected chi connectivity index (χ2v) is 6.29. The maximum Gasteiger partial charge on any atom is 0.410 e. The number of amides is 2. The van der Waals surface area contributed by atoms with Gasteiger partial charge in [-0.15, -0.1) is 5.10 Å². The maximum absolute atomic E-state index is 12.4. The van der Waals surface area contributed by atoms with Gasteiger partial charge < -0.3 is 15.4 Å². The summed E-state index contributed by atoms with van der Waals surface area (Å²) in [6.45, 7) is 0.850. The van der Waals surface area contributed by atoms with E-state index in [1.54, 1.807) is 13.2 Å². The first-order chi connectivity index (χ1) is 12.0. The zero-order valence-electron chi connectivity index (χ0n) is 14.1. The lowest BCUT2D eigenvalue weighted by molar-refractivity contribution is -0.125. The minimum absolute atomic E-state index is 0.147. The van der Waals surface area contributed by atoms with E-state index in [0.29, 0.717) is 25.1 Å². The van der Waals surface area contributed by atoms with Crippen LogP contribution in [-0.2, 0) is 28.6 Å². The van der Waals surface area contributed by atoms with Gasteiger partial charge >= 0.3 is 6.09 Å². The average Bonchev–Trinajstić information content (AvgIpc) is 3.07. The van der Waals surface area contributed by atoms with Crippen molar-refractivity contribution in [2.24, 2.45) is 12.8 Å². The third kappa shape index (κ3) is 3.47. The lowest BCUT2D eigenvalue weighted by atomic mass is 9.76. The van der Waals surface area contributed by atoms with Gasteiger partial charge in [-0.05, 0) is 18.4 Å². The molecule has 1 saturated heterocycles. The van der Waals surface area contributed by atoms with Crippen LogP contribution < -0.4 is 5.73 Å². The summed E-state index contributed by atoms with van der Waals surface area (Å²) in [7, 11) is 1.72. The molecule has 1 aliphatic rings. The number of aryl methyl sites for hydroxylation is 1. The van der Waals surface area contributed by atoms with Crippen molar-refractivity contribution in [3.05, 3.63) is 47.8 Å². The molecule has 2 N–H and O–H groups in total. The van der Waals surface area contributed by atoms with Gasteiger partial charge in [-0.2, -0.15) is 0 Å². The molecule has 1 aromatic heterocycles. The average molecular weight is 343 g/mol. The Labute approximate surface area is 145 Å². The Bertz CT molecular complexity index is 761. The molecule has 8 heteroatoms. The van der Waals surface area contributed by atoms with Gasteiger partial charge in [-0.1, -0.05) is 35.5 Å². The van der Waals surface area contributed by atoms with Crippen LogP contribution in [0.15, 0.2) is 36.5 Å². The summed E-state index contributed by atoms with van der Waals surface area (Å²) < 4.78 is 6.90. The number of hydrogen-bond acceptors (Lipinski definition) is 5. The predicted molar refractivity (Wildman–Crippen MR) is 89.3 cm³/mol. The molecule has 0 aliphatic carbocycles. The SMILES string of the molecule is Cn1cc(C2(C(N)=O)CCCN(C(=O)OCc3ccccc3)C2)nn1. The second-order valence-electron chi connectivity index (χ2n) is 6.29. The van der Waals surface area contributed by atoms with Gasteiger partial charge in [0.25, 0.3) is 0 Å². The molecule has 0 radical (unpaired) electrons. The Morgan fingerprint density at radius 3 is 2.72 bits per heavy atom. The number of nitrogens with zero attached hydrogens (tertiary/aromatic N) is 4. The lowest BCUT2D eigenvalue weighted by Crippen LogP contribution is -2.55. The first-order valence-corrected chi connectivity index (χ1v) is 8.13. The summed E-state index contributed by atoms with van der Waals surface area (Å²) in [5.41, 5.74) is 6.04. The first kappa shape index (κ1) is 16.9. The quantitative estimate of drug-likeness (QED) is 0.891. The van der Waals surface area contributed by atoms with Crippen molar-refractivity contribution >= 4 is 12.0 Å². The molecule has 0 bridgehead atoms. The highest BCUT2D eigenvalue weighted by atomic mass is 16.6. The van der Waals surface area contributed by atoms with E-state index in [2.05, 4.69) is 10.3 Å². The summed E-state index contributed by atoms with van der Waals surface area (Å²) in [5.74, 6) is -0.506. The summed E-state index contributed by atoms with van der Waals surface area (Å²) in [5, 5.41) is 7.94. The number of aromatic nitrogens is 3. The van der Waals surface area contributed by atoms with Crippen LogP contribution in [0.3, 0.4) is 0 Å². The van der Waals surface area contributed by atoms with Crippen LogP contribution in [0.25, 0.3) is 0 Å². The molecule has 1 fully saturated rings. The molecule has 25 heavy (non-hydrogen) atoms. The monoisotopic (exact) mass is 343 g/mol. The second kappa shape index (κ2) is 6.92.